The molecule has 3 rings (SSSR count). The molecule has 1 N–H and O–H groups in total. The molecule has 0 spiro atoms. The highest BCUT2D eigenvalue weighted by molar-refractivity contribution is 9.10. The fourth-order valence-electron chi connectivity index (χ4n) is 2.93. The number of rotatable bonds is 2. The molecule has 2 aromatic heterocycles. The van der Waals surface area contributed by atoms with E-state index in [4.69, 9.17) is 0 Å². The minimum atomic E-state index is -0.313. The molecule has 1 atom stereocenters. The summed E-state index contributed by atoms with van der Waals surface area (Å²) in [6.07, 6.45) is 3.69. The molecule has 1 unspecified atom stereocenters. The lowest BCUT2D eigenvalue weighted by Crippen LogP contribution is -2.26. The van der Waals surface area contributed by atoms with Gasteiger partial charge in [0.15, 0.2) is 0 Å². The molecule has 0 amide bonds. The summed E-state index contributed by atoms with van der Waals surface area (Å²) < 4.78 is 3.46. The molecule has 0 saturated carbocycles. The Labute approximate surface area is 126 Å². The number of hydrogen-bond donors (Lipinski definition) is 1. The smallest absolute Gasteiger partial charge is 0.0812 e. The first-order chi connectivity index (χ1) is 8.96. The third kappa shape index (κ3) is 2.54. The lowest BCUT2D eigenvalue weighted by atomic mass is 9.75. The van der Waals surface area contributed by atoms with Gasteiger partial charge in [-0.05, 0) is 51.7 Å². The third-order valence-corrected chi connectivity index (χ3v) is 5.78. The Hall–Kier alpha value is -0.580. The fraction of sp³-hybridized carbons (Fsp3) is 0.467. The molecular weight excluding hydrogens is 322 g/mol. The van der Waals surface area contributed by atoms with E-state index in [1.54, 1.807) is 11.3 Å². The van der Waals surface area contributed by atoms with Crippen molar-refractivity contribution in [2.45, 2.75) is 39.3 Å². The first-order valence-electron chi connectivity index (χ1n) is 6.54. The minimum absolute atomic E-state index is 0.176. The van der Waals surface area contributed by atoms with Crippen molar-refractivity contribution in [3.05, 3.63) is 44.3 Å². The Bertz CT molecular complexity index is 599. The first kappa shape index (κ1) is 13.4. The maximum absolute atomic E-state index is 10.3. The highest BCUT2D eigenvalue weighted by atomic mass is 79.9. The van der Waals surface area contributed by atoms with Crippen LogP contribution in [0, 0.1) is 5.41 Å². The van der Waals surface area contributed by atoms with Crippen LogP contribution in [0.5, 0.6) is 0 Å². The summed E-state index contributed by atoms with van der Waals surface area (Å²) in [6.45, 7) is 5.35. The SMILES string of the molecule is CC1(C)Cc2c(ccn2Cc2sccc2Br)C(O)C1. The maximum atomic E-state index is 10.3. The molecule has 2 nitrogen and oxygen atoms in total. The van der Waals surface area contributed by atoms with E-state index in [1.165, 1.54) is 15.0 Å². The van der Waals surface area contributed by atoms with Crippen LogP contribution >= 0.6 is 27.3 Å². The summed E-state index contributed by atoms with van der Waals surface area (Å²) in [7, 11) is 0. The molecule has 0 radical (unpaired) electrons. The molecular formula is C15H18BrNOS. The zero-order valence-corrected chi connectivity index (χ0v) is 13.6. The second-order valence-corrected chi connectivity index (χ2v) is 7.95. The van der Waals surface area contributed by atoms with Crippen LogP contribution in [-0.2, 0) is 13.0 Å². The molecule has 4 heteroatoms. The second-order valence-electron chi connectivity index (χ2n) is 6.10. The Balaban J connectivity index is 1.95. The zero-order valence-electron chi connectivity index (χ0n) is 11.2. The standard InChI is InChI=1S/C15H18BrNOS/c1-15(2)7-12-10(13(18)8-15)3-5-17(12)9-14-11(16)4-6-19-14/h3-6,13,18H,7-9H2,1-2H3. The van der Waals surface area contributed by atoms with Gasteiger partial charge < -0.3 is 9.67 Å². The number of thiophene rings is 1. The predicted octanol–water partition coefficient (Wildman–Crippen LogP) is 4.37. The summed E-state index contributed by atoms with van der Waals surface area (Å²) in [5, 5.41) is 12.4. The first-order valence-corrected chi connectivity index (χ1v) is 8.21. The van der Waals surface area contributed by atoms with Crippen LogP contribution in [0.25, 0.3) is 0 Å². The van der Waals surface area contributed by atoms with Gasteiger partial charge in [0.05, 0.1) is 12.6 Å². The van der Waals surface area contributed by atoms with E-state index in [-0.39, 0.29) is 11.5 Å². The van der Waals surface area contributed by atoms with Gasteiger partial charge in [-0.2, -0.15) is 0 Å². The van der Waals surface area contributed by atoms with Crippen LogP contribution in [0.1, 0.15) is 42.5 Å². The third-order valence-electron chi connectivity index (χ3n) is 3.87. The molecule has 2 aromatic rings. The van der Waals surface area contributed by atoms with Crippen molar-refractivity contribution in [3.63, 3.8) is 0 Å². The van der Waals surface area contributed by atoms with Gasteiger partial charge in [0.25, 0.3) is 0 Å². The van der Waals surface area contributed by atoms with Crippen LogP contribution in [-0.4, -0.2) is 9.67 Å². The average molecular weight is 340 g/mol. The van der Waals surface area contributed by atoms with E-state index in [0.717, 1.165) is 24.9 Å². The van der Waals surface area contributed by atoms with Gasteiger partial charge in [0.1, 0.15) is 0 Å². The molecule has 2 heterocycles. The summed E-state index contributed by atoms with van der Waals surface area (Å²) >= 11 is 5.36. The largest absolute Gasteiger partial charge is 0.388 e. The summed E-state index contributed by atoms with van der Waals surface area (Å²) in [5.74, 6) is 0. The fourth-order valence-corrected chi connectivity index (χ4v) is 4.40. The van der Waals surface area contributed by atoms with Crippen molar-refractivity contribution in [1.29, 1.82) is 0 Å². The molecule has 0 fully saturated rings. The normalized spacial score (nSPS) is 21.4. The Morgan fingerprint density at radius 1 is 1.47 bits per heavy atom. The highest BCUT2D eigenvalue weighted by Gasteiger charge is 2.33. The summed E-state index contributed by atoms with van der Waals surface area (Å²) in [5.41, 5.74) is 2.59. The molecule has 1 aliphatic rings. The molecule has 0 aliphatic heterocycles. The van der Waals surface area contributed by atoms with Crippen molar-refractivity contribution in [3.8, 4) is 0 Å². The molecule has 102 valence electrons. The van der Waals surface area contributed by atoms with Crippen molar-refractivity contribution >= 4 is 27.3 Å². The average Bonchev–Trinajstić information content (AvgIpc) is 2.87. The van der Waals surface area contributed by atoms with Gasteiger partial charge in [-0.25, -0.2) is 0 Å². The lowest BCUT2D eigenvalue weighted by molar-refractivity contribution is 0.0981. The maximum Gasteiger partial charge on any atom is 0.0812 e. The van der Waals surface area contributed by atoms with E-state index >= 15 is 0 Å². The molecule has 0 aromatic carbocycles. The van der Waals surface area contributed by atoms with Crippen molar-refractivity contribution in [2.24, 2.45) is 5.41 Å². The van der Waals surface area contributed by atoms with Crippen LogP contribution in [0.15, 0.2) is 28.2 Å². The number of hydrogen-bond acceptors (Lipinski definition) is 2. The molecule has 1 aliphatic carbocycles. The minimum Gasteiger partial charge on any atom is -0.388 e. The number of aromatic nitrogens is 1. The van der Waals surface area contributed by atoms with E-state index in [9.17, 15) is 5.11 Å². The van der Waals surface area contributed by atoms with Gasteiger partial charge in [0.2, 0.25) is 0 Å². The van der Waals surface area contributed by atoms with Crippen molar-refractivity contribution < 1.29 is 5.11 Å². The van der Waals surface area contributed by atoms with Gasteiger partial charge in [-0.1, -0.05) is 13.8 Å². The number of nitrogens with zero attached hydrogens (tertiary/aromatic N) is 1. The van der Waals surface area contributed by atoms with E-state index in [0.29, 0.717) is 0 Å². The molecule has 19 heavy (non-hydrogen) atoms. The van der Waals surface area contributed by atoms with Crippen LogP contribution < -0.4 is 0 Å². The van der Waals surface area contributed by atoms with Gasteiger partial charge in [-0.3, -0.25) is 0 Å². The highest BCUT2D eigenvalue weighted by Crippen LogP contribution is 2.41. The van der Waals surface area contributed by atoms with Gasteiger partial charge >= 0.3 is 0 Å². The van der Waals surface area contributed by atoms with Gasteiger partial charge in [-0.15, -0.1) is 11.3 Å². The Kier molecular flexibility index (Phi) is 3.36. The Morgan fingerprint density at radius 3 is 2.95 bits per heavy atom. The summed E-state index contributed by atoms with van der Waals surface area (Å²) in [4.78, 5) is 1.33. The van der Waals surface area contributed by atoms with E-state index in [2.05, 4.69) is 58.1 Å². The van der Waals surface area contributed by atoms with Crippen molar-refractivity contribution in [2.75, 3.05) is 0 Å². The van der Waals surface area contributed by atoms with E-state index in [1.807, 2.05) is 0 Å². The Morgan fingerprint density at radius 2 is 2.26 bits per heavy atom. The number of fused-ring (bicyclic) bond motifs is 1. The van der Waals surface area contributed by atoms with Crippen LogP contribution in [0.2, 0.25) is 0 Å². The van der Waals surface area contributed by atoms with Crippen LogP contribution in [0.4, 0.5) is 0 Å². The molecule has 0 bridgehead atoms. The van der Waals surface area contributed by atoms with E-state index < -0.39 is 0 Å². The monoisotopic (exact) mass is 339 g/mol. The second kappa shape index (κ2) is 4.76. The number of halogens is 1. The quantitative estimate of drug-likeness (QED) is 0.863. The number of aliphatic hydroxyl groups is 1. The topological polar surface area (TPSA) is 25.2 Å². The van der Waals surface area contributed by atoms with Crippen molar-refractivity contribution in [1.82, 2.24) is 4.57 Å². The predicted molar refractivity (Wildman–Crippen MR) is 82.6 cm³/mol. The number of aliphatic hydroxyl groups excluding tert-OH is 1. The molecule has 0 saturated heterocycles. The van der Waals surface area contributed by atoms with Gasteiger partial charge in [0, 0.05) is 26.8 Å². The summed E-state index contributed by atoms with van der Waals surface area (Å²) in [6, 6.07) is 4.17. The zero-order chi connectivity index (χ0) is 13.6. The van der Waals surface area contributed by atoms with Crippen LogP contribution in [0.3, 0.4) is 0 Å². The lowest BCUT2D eigenvalue weighted by Gasteiger charge is -2.33.